The predicted molar refractivity (Wildman–Crippen MR) is 64.2 cm³/mol. The van der Waals surface area contributed by atoms with E-state index in [2.05, 4.69) is 40.3 Å². The standard InChI is InChI=1S/C11H15N3S/c1-2-5-14-6-3-10(9-14)8-13-11-12-4-7-15-11/h3-4,6-7,9H,2,5,8H2,1H3,(H,12,13). The predicted octanol–water partition coefficient (Wildman–Crippen LogP) is 2.97. The monoisotopic (exact) mass is 221 g/mol. The Labute approximate surface area is 93.8 Å². The third-order valence-electron chi connectivity index (χ3n) is 2.17. The van der Waals surface area contributed by atoms with E-state index in [4.69, 9.17) is 0 Å². The fraction of sp³-hybridized carbons (Fsp3) is 0.364. The van der Waals surface area contributed by atoms with Crippen LogP contribution >= 0.6 is 11.3 Å². The Bertz CT molecular complexity index is 392. The first-order valence-corrected chi connectivity index (χ1v) is 6.04. The van der Waals surface area contributed by atoms with Crippen molar-refractivity contribution in [3.63, 3.8) is 0 Å². The molecule has 2 heterocycles. The second-order valence-corrected chi connectivity index (χ2v) is 4.34. The van der Waals surface area contributed by atoms with Gasteiger partial charge in [0.05, 0.1) is 0 Å². The van der Waals surface area contributed by atoms with E-state index >= 15 is 0 Å². The Balaban J connectivity index is 1.88. The number of nitrogens with one attached hydrogen (secondary N) is 1. The Morgan fingerprint density at radius 3 is 3.20 bits per heavy atom. The molecule has 0 amide bonds. The highest BCUT2D eigenvalue weighted by Crippen LogP contribution is 2.12. The van der Waals surface area contributed by atoms with Gasteiger partial charge in [0.2, 0.25) is 0 Å². The number of hydrogen-bond acceptors (Lipinski definition) is 3. The molecule has 0 aliphatic heterocycles. The van der Waals surface area contributed by atoms with Crippen molar-refractivity contribution in [2.24, 2.45) is 0 Å². The zero-order chi connectivity index (χ0) is 10.5. The van der Waals surface area contributed by atoms with Crippen LogP contribution in [0.3, 0.4) is 0 Å². The van der Waals surface area contributed by atoms with E-state index in [1.54, 1.807) is 11.3 Å². The maximum absolute atomic E-state index is 4.18. The van der Waals surface area contributed by atoms with Gasteiger partial charge in [0, 0.05) is 37.1 Å². The normalized spacial score (nSPS) is 10.5. The Morgan fingerprint density at radius 2 is 2.47 bits per heavy atom. The summed E-state index contributed by atoms with van der Waals surface area (Å²) < 4.78 is 2.22. The van der Waals surface area contributed by atoms with Crippen molar-refractivity contribution in [3.05, 3.63) is 35.6 Å². The molecule has 0 radical (unpaired) electrons. The summed E-state index contributed by atoms with van der Waals surface area (Å²) in [5, 5.41) is 6.25. The van der Waals surface area contributed by atoms with Crippen LogP contribution in [0.15, 0.2) is 30.0 Å². The van der Waals surface area contributed by atoms with Crippen molar-refractivity contribution in [2.45, 2.75) is 26.4 Å². The summed E-state index contributed by atoms with van der Waals surface area (Å²) in [6.07, 6.45) is 7.30. The summed E-state index contributed by atoms with van der Waals surface area (Å²) in [6, 6.07) is 2.15. The van der Waals surface area contributed by atoms with Crippen LogP contribution in [0.25, 0.3) is 0 Å². The van der Waals surface area contributed by atoms with Crippen molar-refractivity contribution >= 4 is 16.5 Å². The molecule has 0 unspecified atom stereocenters. The molecule has 0 spiro atoms. The first-order chi connectivity index (χ1) is 7.38. The van der Waals surface area contributed by atoms with E-state index in [9.17, 15) is 0 Å². The molecule has 0 fully saturated rings. The second kappa shape index (κ2) is 4.98. The van der Waals surface area contributed by atoms with Crippen molar-refractivity contribution in [2.75, 3.05) is 5.32 Å². The molecule has 0 saturated heterocycles. The Hall–Kier alpha value is -1.29. The van der Waals surface area contributed by atoms with Crippen molar-refractivity contribution in [1.82, 2.24) is 9.55 Å². The quantitative estimate of drug-likeness (QED) is 0.841. The van der Waals surface area contributed by atoms with Gasteiger partial charge < -0.3 is 9.88 Å². The average Bonchev–Trinajstić information content (AvgIpc) is 2.85. The molecule has 4 heteroatoms. The minimum Gasteiger partial charge on any atom is -0.357 e. The molecule has 2 aromatic rings. The summed E-state index contributed by atoms with van der Waals surface area (Å²) in [4.78, 5) is 4.18. The minimum atomic E-state index is 0.851. The Morgan fingerprint density at radius 1 is 1.53 bits per heavy atom. The van der Waals surface area contributed by atoms with Gasteiger partial charge in [-0.2, -0.15) is 0 Å². The minimum absolute atomic E-state index is 0.851. The van der Waals surface area contributed by atoms with E-state index in [0.29, 0.717) is 0 Å². The smallest absolute Gasteiger partial charge is 0.182 e. The molecular formula is C11H15N3S. The summed E-state index contributed by atoms with van der Waals surface area (Å²) in [5.74, 6) is 0. The molecule has 80 valence electrons. The van der Waals surface area contributed by atoms with E-state index < -0.39 is 0 Å². The van der Waals surface area contributed by atoms with Crippen molar-refractivity contribution in [3.8, 4) is 0 Å². The van der Waals surface area contributed by atoms with E-state index in [0.717, 1.165) is 18.2 Å². The van der Waals surface area contributed by atoms with Crippen LogP contribution < -0.4 is 5.32 Å². The lowest BCUT2D eigenvalue weighted by Crippen LogP contribution is -1.98. The number of aromatic nitrogens is 2. The molecule has 0 aliphatic rings. The number of anilines is 1. The molecule has 0 saturated carbocycles. The molecule has 0 aromatic carbocycles. The highest BCUT2D eigenvalue weighted by Gasteiger charge is 1.97. The highest BCUT2D eigenvalue weighted by molar-refractivity contribution is 7.13. The Kier molecular flexibility index (Phi) is 3.40. The van der Waals surface area contributed by atoms with Crippen molar-refractivity contribution in [1.29, 1.82) is 0 Å². The van der Waals surface area contributed by atoms with E-state index in [-0.39, 0.29) is 0 Å². The zero-order valence-electron chi connectivity index (χ0n) is 8.81. The largest absolute Gasteiger partial charge is 0.357 e. The maximum Gasteiger partial charge on any atom is 0.182 e. The number of rotatable bonds is 5. The molecule has 3 nitrogen and oxygen atoms in total. The van der Waals surface area contributed by atoms with E-state index in [1.165, 1.54) is 12.0 Å². The topological polar surface area (TPSA) is 29.9 Å². The number of thiazole rings is 1. The molecule has 0 aliphatic carbocycles. The average molecular weight is 221 g/mol. The summed E-state index contributed by atoms with van der Waals surface area (Å²) in [6.45, 7) is 4.13. The van der Waals surface area contributed by atoms with Crippen molar-refractivity contribution < 1.29 is 0 Å². The fourth-order valence-electron chi connectivity index (χ4n) is 1.48. The summed E-state index contributed by atoms with van der Waals surface area (Å²) in [5.41, 5.74) is 1.30. The highest BCUT2D eigenvalue weighted by atomic mass is 32.1. The lowest BCUT2D eigenvalue weighted by Gasteiger charge is -2.00. The van der Waals surface area contributed by atoms with Crippen LogP contribution in [0.2, 0.25) is 0 Å². The van der Waals surface area contributed by atoms with Gasteiger partial charge in [0.25, 0.3) is 0 Å². The van der Waals surface area contributed by atoms with Crippen LogP contribution in [-0.2, 0) is 13.1 Å². The van der Waals surface area contributed by atoms with Gasteiger partial charge >= 0.3 is 0 Å². The van der Waals surface area contributed by atoms with Gasteiger partial charge in [0.1, 0.15) is 0 Å². The van der Waals surface area contributed by atoms with Gasteiger partial charge in [-0.05, 0) is 18.1 Å². The maximum atomic E-state index is 4.18. The summed E-state index contributed by atoms with van der Waals surface area (Å²) in [7, 11) is 0. The molecule has 1 N–H and O–H groups in total. The van der Waals surface area contributed by atoms with Gasteiger partial charge in [-0.3, -0.25) is 0 Å². The zero-order valence-corrected chi connectivity index (χ0v) is 9.63. The number of aryl methyl sites for hydroxylation is 1. The van der Waals surface area contributed by atoms with Gasteiger partial charge in [-0.15, -0.1) is 11.3 Å². The SMILES string of the molecule is CCCn1ccc(CNc2nccs2)c1. The molecule has 2 aromatic heterocycles. The summed E-state index contributed by atoms with van der Waals surface area (Å²) >= 11 is 1.63. The second-order valence-electron chi connectivity index (χ2n) is 3.45. The number of nitrogens with zero attached hydrogens (tertiary/aromatic N) is 2. The molecular weight excluding hydrogens is 206 g/mol. The number of hydrogen-bond donors (Lipinski definition) is 1. The first kappa shape index (κ1) is 10.2. The van der Waals surface area contributed by atoms with Gasteiger partial charge in [-0.1, -0.05) is 6.92 Å². The van der Waals surface area contributed by atoms with Crippen LogP contribution in [0, 0.1) is 0 Å². The molecule has 0 bridgehead atoms. The molecule has 2 rings (SSSR count). The van der Waals surface area contributed by atoms with Gasteiger partial charge in [0.15, 0.2) is 5.13 Å². The van der Waals surface area contributed by atoms with Crippen LogP contribution in [0.5, 0.6) is 0 Å². The lowest BCUT2D eigenvalue weighted by atomic mass is 10.3. The molecule has 0 atom stereocenters. The van der Waals surface area contributed by atoms with Crippen LogP contribution in [-0.4, -0.2) is 9.55 Å². The van der Waals surface area contributed by atoms with Crippen LogP contribution in [0.1, 0.15) is 18.9 Å². The fourth-order valence-corrected chi connectivity index (χ4v) is 2.01. The molecule has 15 heavy (non-hydrogen) atoms. The van der Waals surface area contributed by atoms with Gasteiger partial charge in [-0.25, -0.2) is 4.98 Å². The third-order valence-corrected chi connectivity index (χ3v) is 2.90. The van der Waals surface area contributed by atoms with E-state index in [1.807, 2.05) is 11.6 Å². The lowest BCUT2D eigenvalue weighted by molar-refractivity contribution is 0.681. The van der Waals surface area contributed by atoms with Crippen LogP contribution in [0.4, 0.5) is 5.13 Å². The third kappa shape index (κ3) is 2.83. The first-order valence-electron chi connectivity index (χ1n) is 5.16.